The summed E-state index contributed by atoms with van der Waals surface area (Å²) in [5.41, 5.74) is 7.22. The third-order valence-corrected chi connectivity index (χ3v) is 2.60. The van der Waals surface area contributed by atoms with E-state index in [0.29, 0.717) is 6.54 Å². The fraction of sp³-hybridized carbons (Fsp3) is 0.231. The summed E-state index contributed by atoms with van der Waals surface area (Å²) in [4.78, 5) is 16.2. The Bertz CT molecular complexity index is 620. The Kier molecular flexibility index (Phi) is 3.32. The first-order valence-electron chi connectivity index (χ1n) is 5.56. The summed E-state index contributed by atoms with van der Waals surface area (Å²) >= 11 is 0. The van der Waals surface area contributed by atoms with E-state index >= 15 is 0 Å². The molecule has 0 radical (unpaired) electrons. The molecule has 2 aromatic rings. The molecule has 18 heavy (non-hydrogen) atoms. The molecule has 0 aliphatic carbocycles. The van der Waals surface area contributed by atoms with Gasteiger partial charge in [-0.1, -0.05) is 0 Å². The second-order valence-corrected chi connectivity index (χ2v) is 4.04. The highest BCUT2D eigenvalue weighted by Crippen LogP contribution is 2.13. The first-order valence-corrected chi connectivity index (χ1v) is 5.56. The fourth-order valence-electron chi connectivity index (χ4n) is 1.76. The first kappa shape index (κ1) is 12.2. The molecule has 5 heteroatoms. The van der Waals surface area contributed by atoms with Crippen LogP contribution in [0.4, 0.5) is 5.69 Å². The SMILES string of the molecule is COc1cc(C)nc(Cn2cccc(N)c2=O)c1. The number of aryl methyl sites for hydroxylation is 1. The highest BCUT2D eigenvalue weighted by Gasteiger charge is 2.04. The van der Waals surface area contributed by atoms with Crippen LogP contribution >= 0.6 is 0 Å². The zero-order valence-corrected chi connectivity index (χ0v) is 10.4. The van der Waals surface area contributed by atoms with Crippen molar-refractivity contribution >= 4 is 5.69 Å². The normalized spacial score (nSPS) is 10.3. The van der Waals surface area contributed by atoms with Crippen LogP contribution in [0.15, 0.2) is 35.3 Å². The first-order chi connectivity index (χ1) is 8.60. The van der Waals surface area contributed by atoms with Crippen LogP contribution in [0.25, 0.3) is 0 Å². The molecule has 0 unspecified atom stereocenters. The maximum absolute atomic E-state index is 11.8. The number of ether oxygens (including phenoxy) is 1. The largest absolute Gasteiger partial charge is 0.497 e. The fourth-order valence-corrected chi connectivity index (χ4v) is 1.76. The molecule has 5 nitrogen and oxygen atoms in total. The van der Waals surface area contributed by atoms with Gasteiger partial charge in [-0.3, -0.25) is 9.78 Å². The molecule has 2 heterocycles. The van der Waals surface area contributed by atoms with Crippen LogP contribution in [-0.4, -0.2) is 16.7 Å². The van der Waals surface area contributed by atoms with Gasteiger partial charge in [-0.2, -0.15) is 0 Å². The molecule has 94 valence electrons. The number of hydrogen-bond donors (Lipinski definition) is 1. The van der Waals surface area contributed by atoms with Gasteiger partial charge in [0, 0.05) is 24.0 Å². The van der Waals surface area contributed by atoms with Crippen molar-refractivity contribution in [1.29, 1.82) is 0 Å². The monoisotopic (exact) mass is 245 g/mol. The molecule has 0 saturated heterocycles. The van der Waals surface area contributed by atoms with Gasteiger partial charge in [0.05, 0.1) is 25.0 Å². The Morgan fingerprint density at radius 3 is 2.94 bits per heavy atom. The summed E-state index contributed by atoms with van der Waals surface area (Å²) in [5, 5.41) is 0. The lowest BCUT2D eigenvalue weighted by Gasteiger charge is -2.08. The number of rotatable bonds is 3. The molecule has 0 spiro atoms. The number of nitrogens with two attached hydrogens (primary N) is 1. The maximum atomic E-state index is 11.8. The Balaban J connectivity index is 2.37. The summed E-state index contributed by atoms with van der Waals surface area (Å²) in [6, 6.07) is 6.97. The van der Waals surface area contributed by atoms with Crippen LogP contribution in [0.5, 0.6) is 5.75 Å². The predicted molar refractivity (Wildman–Crippen MR) is 69.7 cm³/mol. The van der Waals surface area contributed by atoms with Crippen molar-refractivity contribution in [2.24, 2.45) is 0 Å². The maximum Gasteiger partial charge on any atom is 0.274 e. The van der Waals surface area contributed by atoms with Crippen LogP contribution in [-0.2, 0) is 6.54 Å². The molecular weight excluding hydrogens is 230 g/mol. The molecular formula is C13H15N3O2. The second kappa shape index (κ2) is 4.91. The summed E-state index contributed by atoms with van der Waals surface area (Å²) in [5.74, 6) is 0.731. The molecule has 0 saturated carbocycles. The lowest BCUT2D eigenvalue weighted by molar-refractivity contribution is 0.413. The average Bonchev–Trinajstić information content (AvgIpc) is 2.34. The van der Waals surface area contributed by atoms with E-state index in [4.69, 9.17) is 10.5 Å². The van der Waals surface area contributed by atoms with Crippen LogP contribution in [0.2, 0.25) is 0 Å². The number of methoxy groups -OCH3 is 1. The number of nitrogen functional groups attached to an aromatic ring is 1. The van der Waals surface area contributed by atoms with Gasteiger partial charge in [-0.25, -0.2) is 0 Å². The predicted octanol–water partition coefficient (Wildman–Crippen LogP) is 1.19. The molecule has 2 rings (SSSR count). The van der Waals surface area contributed by atoms with E-state index in [9.17, 15) is 4.79 Å². The van der Waals surface area contributed by atoms with Crippen LogP contribution in [0.3, 0.4) is 0 Å². The zero-order chi connectivity index (χ0) is 13.1. The van der Waals surface area contributed by atoms with E-state index in [2.05, 4.69) is 4.98 Å². The number of nitrogens with zero attached hydrogens (tertiary/aromatic N) is 2. The van der Waals surface area contributed by atoms with Gasteiger partial charge in [0.1, 0.15) is 5.75 Å². The third-order valence-electron chi connectivity index (χ3n) is 2.60. The van der Waals surface area contributed by atoms with E-state index in [-0.39, 0.29) is 11.2 Å². The number of anilines is 1. The van der Waals surface area contributed by atoms with Crippen molar-refractivity contribution in [3.8, 4) is 5.75 Å². The summed E-state index contributed by atoms with van der Waals surface area (Å²) < 4.78 is 6.70. The molecule has 0 aromatic carbocycles. The Hall–Kier alpha value is -2.30. The number of hydrogen-bond acceptors (Lipinski definition) is 4. The van der Waals surface area contributed by atoms with Gasteiger partial charge in [0.15, 0.2) is 0 Å². The van der Waals surface area contributed by atoms with E-state index in [1.807, 2.05) is 19.1 Å². The molecule has 0 amide bonds. The van der Waals surface area contributed by atoms with Crippen molar-refractivity contribution in [2.45, 2.75) is 13.5 Å². The van der Waals surface area contributed by atoms with Crippen LogP contribution < -0.4 is 16.0 Å². The van der Waals surface area contributed by atoms with E-state index in [0.717, 1.165) is 17.1 Å². The van der Waals surface area contributed by atoms with Crippen molar-refractivity contribution in [2.75, 3.05) is 12.8 Å². The minimum Gasteiger partial charge on any atom is -0.497 e. The van der Waals surface area contributed by atoms with Crippen molar-refractivity contribution in [1.82, 2.24) is 9.55 Å². The van der Waals surface area contributed by atoms with Crippen molar-refractivity contribution in [3.05, 3.63) is 52.2 Å². The second-order valence-electron chi connectivity index (χ2n) is 4.04. The van der Waals surface area contributed by atoms with Crippen molar-refractivity contribution in [3.63, 3.8) is 0 Å². The average molecular weight is 245 g/mol. The Labute approximate surface area is 105 Å². The van der Waals surface area contributed by atoms with Gasteiger partial charge < -0.3 is 15.0 Å². The lowest BCUT2D eigenvalue weighted by Crippen LogP contribution is -2.22. The summed E-state index contributed by atoms with van der Waals surface area (Å²) in [7, 11) is 1.60. The smallest absolute Gasteiger partial charge is 0.274 e. The highest BCUT2D eigenvalue weighted by molar-refractivity contribution is 5.34. The van der Waals surface area contributed by atoms with E-state index in [1.165, 1.54) is 4.57 Å². The number of aromatic nitrogens is 2. The van der Waals surface area contributed by atoms with Gasteiger partial charge in [-0.15, -0.1) is 0 Å². The standard InChI is InChI=1S/C13H15N3O2/c1-9-6-11(18-2)7-10(15-9)8-16-5-3-4-12(14)13(16)17/h3-7H,8,14H2,1-2H3. The highest BCUT2D eigenvalue weighted by atomic mass is 16.5. The zero-order valence-electron chi connectivity index (χ0n) is 10.4. The minimum atomic E-state index is -0.209. The summed E-state index contributed by atoms with van der Waals surface area (Å²) in [6.07, 6.45) is 1.69. The molecule has 0 atom stereocenters. The molecule has 0 aliphatic rings. The summed E-state index contributed by atoms with van der Waals surface area (Å²) in [6.45, 7) is 2.26. The molecule has 0 aliphatic heterocycles. The van der Waals surface area contributed by atoms with Gasteiger partial charge in [-0.05, 0) is 19.1 Å². The third kappa shape index (κ3) is 2.51. The molecule has 0 fully saturated rings. The molecule has 2 N–H and O–H groups in total. The van der Waals surface area contributed by atoms with Crippen LogP contribution in [0, 0.1) is 6.92 Å². The van der Waals surface area contributed by atoms with Gasteiger partial charge in [0.25, 0.3) is 5.56 Å². The van der Waals surface area contributed by atoms with Gasteiger partial charge in [0.2, 0.25) is 0 Å². The quantitative estimate of drug-likeness (QED) is 0.881. The molecule has 2 aromatic heterocycles. The Morgan fingerprint density at radius 2 is 2.22 bits per heavy atom. The van der Waals surface area contributed by atoms with E-state index in [1.54, 1.807) is 25.4 Å². The lowest BCUT2D eigenvalue weighted by atomic mass is 10.3. The number of pyridine rings is 2. The Morgan fingerprint density at radius 1 is 1.44 bits per heavy atom. The van der Waals surface area contributed by atoms with Crippen LogP contribution in [0.1, 0.15) is 11.4 Å². The van der Waals surface area contributed by atoms with Crippen molar-refractivity contribution < 1.29 is 4.74 Å². The topological polar surface area (TPSA) is 70.1 Å². The minimum absolute atomic E-state index is 0.209. The molecule has 0 bridgehead atoms. The van der Waals surface area contributed by atoms with Gasteiger partial charge >= 0.3 is 0 Å². The van der Waals surface area contributed by atoms with E-state index < -0.39 is 0 Å².